The molecule has 0 radical (unpaired) electrons. The van der Waals surface area contributed by atoms with E-state index >= 15 is 0 Å². The number of para-hydroxylation sites is 1. The molecule has 0 aliphatic carbocycles. The third kappa shape index (κ3) is 5.12. The standard InChI is InChI=1S/C24H27NO3/c1-27-23-15-9-14-21(24(23)28-2)17-25(16-19-10-5-3-6-11-19)18-22(26)20-12-7-4-8-13-20/h3-15,22,26H,16-18H2,1-2H3. The average Bonchev–Trinajstić information content (AvgIpc) is 2.74. The first-order chi connectivity index (χ1) is 13.7. The second-order valence-corrected chi connectivity index (χ2v) is 6.73. The molecule has 28 heavy (non-hydrogen) atoms. The molecule has 0 aromatic heterocycles. The quantitative estimate of drug-likeness (QED) is 0.599. The molecule has 0 amide bonds. The van der Waals surface area contributed by atoms with Crippen LogP contribution in [-0.2, 0) is 13.1 Å². The zero-order valence-electron chi connectivity index (χ0n) is 16.4. The Morgan fingerprint density at radius 1 is 0.786 bits per heavy atom. The van der Waals surface area contributed by atoms with Gasteiger partial charge < -0.3 is 14.6 Å². The van der Waals surface area contributed by atoms with Crippen molar-refractivity contribution in [2.24, 2.45) is 0 Å². The van der Waals surface area contributed by atoms with E-state index in [1.807, 2.05) is 66.7 Å². The zero-order valence-corrected chi connectivity index (χ0v) is 16.4. The molecule has 0 bridgehead atoms. The maximum absolute atomic E-state index is 10.8. The van der Waals surface area contributed by atoms with Gasteiger partial charge in [-0.05, 0) is 17.2 Å². The largest absolute Gasteiger partial charge is 0.493 e. The molecule has 0 fully saturated rings. The first-order valence-electron chi connectivity index (χ1n) is 9.40. The van der Waals surface area contributed by atoms with Crippen molar-refractivity contribution >= 4 is 0 Å². The van der Waals surface area contributed by atoms with E-state index in [2.05, 4.69) is 17.0 Å². The van der Waals surface area contributed by atoms with E-state index in [0.717, 1.165) is 23.4 Å². The van der Waals surface area contributed by atoms with Crippen molar-refractivity contribution in [3.63, 3.8) is 0 Å². The molecule has 1 atom stereocenters. The second kappa shape index (κ2) is 9.93. The molecule has 1 unspecified atom stereocenters. The molecule has 0 saturated heterocycles. The van der Waals surface area contributed by atoms with E-state index in [9.17, 15) is 5.11 Å². The van der Waals surface area contributed by atoms with Crippen LogP contribution in [0.4, 0.5) is 0 Å². The fourth-order valence-electron chi connectivity index (χ4n) is 3.37. The van der Waals surface area contributed by atoms with E-state index in [-0.39, 0.29) is 0 Å². The van der Waals surface area contributed by atoms with Crippen molar-refractivity contribution < 1.29 is 14.6 Å². The number of methoxy groups -OCH3 is 2. The molecule has 0 aliphatic heterocycles. The molecule has 146 valence electrons. The lowest BCUT2D eigenvalue weighted by Crippen LogP contribution is -2.28. The molecule has 4 heteroatoms. The fraction of sp³-hybridized carbons (Fsp3) is 0.250. The van der Waals surface area contributed by atoms with Crippen LogP contribution < -0.4 is 9.47 Å². The van der Waals surface area contributed by atoms with Gasteiger partial charge in [0.15, 0.2) is 11.5 Å². The summed E-state index contributed by atoms with van der Waals surface area (Å²) in [5, 5.41) is 10.8. The molecule has 3 aromatic carbocycles. The van der Waals surface area contributed by atoms with Crippen molar-refractivity contribution in [1.82, 2.24) is 4.90 Å². The summed E-state index contributed by atoms with van der Waals surface area (Å²) in [6.45, 7) is 1.88. The highest BCUT2D eigenvalue weighted by Crippen LogP contribution is 2.32. The molecule has 0 saturated carbocycles. The third-order valence-corrected chi connectivity index (χ3v) is 4.74. The summed E-state index contributed by atoms with van der Waals surface area (Å²) >= 11 is 0. The number of aliphatic hydroxyl groups excluding tert-OH is 1. The maximum atomic E-state index is 10.8. The minimum absolute atomic E-state index is 0.513. The summed E-state index contributed by atoms with van der Waals surface area (Å²) in [7, 11) is 3.30. The predicted molar refractivity (Wildman–Crippen MR) is 112 cm³/mol. The number of rotatable bonds is 9. The number of hydrogen-bond donors (Lipinski definition) is 1. The van der Waals surface area contributed by atoms with E-state index in [4.69, 9.17) is 9.47 Å². The molecular weight excluding hydrogens is 350 g/mol. The monoisotopic (exact) mass is 377 g/mol. The molecular formula is C24H27NO3. The smallest absolute Gasteiger partial charge is 0.165 e. The van der Waals surface area contributed by atoms with Gasteiger partial charge in [-0.1, -0.05) is 72.8 Å². The van der Waals surface area contributed by atoms with Gasteiger partial charge >= 0.3 is 0 Å². The third-order valence-electron chi connectivity index (χ3n) is 4.74. The Labute approximate surface area is 167 Å². The number of aliphatic hydroxyl groups is 1. The van der Waals surface area contributed by atoms with E-state index in [1.165, 1.54) is 5.56 Å². The number of ether oxygens (including phenoxy) is 2. The highest BCUT2D eigenvalue weighted by atomic mass is 16.5. The van der Waals surface area contributed by atoms with Crippen molar-refractivity contribution in [2.75, 3.05) is 20.8 Å². The number of nitrogens with zero attached hydrogens (tertiary/aromatic N) is 1. The molecule has 4 nitrogen and oxygen atoms in total. The Hall–Kier alpha value is -2.82. The Balaban J connectivity index is 1.84. The van der Waals surface area contributed by atoms with E-state index in [1.54, 1.807) is 14.2 Å². The Bertz CT molecular complexity index is 852. The van der Waals surface area contributed by atoms with Crippen molar-refractivity contribution in [2.45, 2.75) is 19.2 Å². The Kier molecular flexibility index (Phi) is 7.06. The molecule has 1 N–H and O–H groups in total. The summed E-state index contributed by atoms with van der Waals surface area (Å²) in [6.07, 6.45) is -0.568. The lowest BCUT2D eigenvalue weighted by molar-refractivity contribution is 0.104. The van der Waals surface area contributed by atoms with Crippen molar-refractivity contribution in [3.8, 4) is 11.5 Å². The minimum Gasteiger partial charge on any atom is -0.493 e. The Morgan fingerprint density at radius 2 is 1.46 bits per heavy atom. The summed E-state index contributed by atoms with van der Waals surface area (Å²) in [4.78, 5) is 2.23. The first kappa shape index (κ1) is 19.9. The highest BCUT2D eigenvalue weighted by Gasteiger charge is 2.18. The van der Waals surface area contributed by atoms with Crippen LogP contribution in [0.2, 0.25) is 0 Å². The first-order valence-corrected chi connectivity index (χ1v) is 9.40. The van der Waals surface area contributed by atoms with Crippen LogP contribution in [0.15, 0.2) is 78.9 Å². The predicted octanol–water partition coefficient (Wildman–Crippen LogP) is 4.44. The van der Waals surface area contributed by atoms with Crippen LogP contribution in [0.1, 0.15) is 22.8 Å². The summed E-state index contributed by atoms with van der Waals surface area (Å²) < 4.78 is 11.0. The van der Waals surface area contributed by atoms with Crippen LogP contribution in [0.3, 0.4) is 0 Å². The van der Waals surface area contributed by atoms with Gasteiger partial charge in [0.05, 0.1) is 20.3 Å². The average molecular weight is 377 g/mol. The van der Waals surface area contributed by atoms with E-state index in [0.29, 0.717) is 18.8 Å². The van der Waals surface area contributed by atoms with Gasteiger partial charge in [-0.15, -0.1) is 0 Å². The second-order valence-electron chi connectivity index (χ2n) is 6.73. The zero-order chi connectivity index (χ0) is 19.8. The van der Waals surface area contributed by atoms with Crippen LogP contribution in [0.25, 0.3) is 0 Å². The van der Waals surface area contributed by atoms with Crippen molar-refractivity contribution in [3.05, 3.63) is 95.6 Å². The van der Waals surface area contributed by atoms with Gasteiger partial charge in [0.2, 0.25) is 0 Å². The summed E-state index contributed by atoms with van der Waals surface area (Å²) in [5.41, 5.74) is 3.14. The van der Waals surface area contributed by atoms with Gasteiger partial charge in [-0.2, -0.15) is 0 Å². The van der Waals surface area contributed by atoms with Crippen molar-refractivity contribution in [1.29, 1.82) is 0 Å². The van der Waals surface area contributed by atoms with Crippen LogP contribution in [0.5, 0.6) is 11.5 Å². The lowest BCUT2D eigenvalue weighted by Gasteiger charge is -2.26. The topological polar surface area (TPSA) is 41.9 Å². The van der Waals surface area contributed by atoms with Crippen LogP contribution >= 0.6 is 0 Å². The molecule has 0 heterocycles. The van der Waals surface area contributed by atoms with Gasteiger partial charge in [-0.25, -0.2) is 0 Å². The van der Waals surface area contributed by atoms with Crippen LogP contribution in [-0.4, -0.2) is 30.8 Å². The number of benzene rings is 3. The molecule has 0 spiro atoms. The number of hydrogen-bond acceptors (Lipinski definition) is 4. The maximum Gasteiger partial charge on any atom is 0.165 e. The minimum atomic E-state index is -0.568. The fourth-order valence-corrected chi connectivity index (χ4v) is 3.37. The lowest BCUT2D eigenvalue weighted by atomic mass is 10.1. The van der Waals surface area contributed by atoms with Crippen LogP contribution in [0, 0.1) is 0 Å². The SMILES string of the molecule is COc1cccc(CN(Cc2ccccc2)CC(O)c2ccccc2)c1OC. The van der Waals surface area contributed by atoms with E-state index < -0.39 is 6.10 Å². The normalized spacial score (nSPS) is 12.0. The van der Waals surface area contributed by atoms with Gasteiger partial charge in [-0.3, -0.25) is 4.90 Å². The highest BCUT2D eigenvalue weighted by molar-refractivity contribution is 5.46. The Morgan fingerprint density at radius 3 is 2.11 bits per heavy atom. The molecule has 3 aromatic rings. The van der Waals surface area contributed by atoms with Gasteiger partial charge in [0.25, 0.3) is 0 Å². The molecule has 3 rings (SSSR count). The van der Waals surface area contributed by atoms with Gasteiger partial charge in [0.1, 0.15) is 0 Å². The van der Waals surface area contributed by atoms with Gasteiger partial charge in [0, 0.05) is 25.2 Å². The summed E-state index contributed by atoms with van der Waals surface area (Å²) in [6, 6.07) is 25.9. The summed E-state index contributed by atoms with van der Waals surface area (Å²) in [5.74, 6) is 1.44. The molecule has 0 aliphatic rings.